The van der Waals surface area contributed by atoms with Gasteiger partial charge in [0, 0.05) is 19.4 Å². The molecular weight excluding hydrogens is 973 g/mol. The summed E-state index contributed by atoms with van der Waals surface area (Å²) in [6.07, 6.45) is 0.958. The molecule has 1 heterocycles. The number of aliphatic hydroxyl groups is 2. The van der Waals surface area contributed by atoms with Crippen molar-refractivity contribution in [2.45, 2.75) is 199 Å². The number of aliphatic hydroxyl groups excluding tert-OH is 2. The third-order valence-corrected chi connectivity index (χ3v) is 12.5. The summed E-state index contributed by atoms with van der Waals surface area (Å²) in [5.74, 6) is -8.34. The molecule has 10 amide bonds. The zero-order chi connectivity index (χ0) is 56.2. The van der Waals surface area contributed by atoms with Gasteiger partial charge in [-0.3, -0.25) is 47.9 Å². The zero-order valence-electron chi connectivity index (χ0n) is 44.8. The molecule has 11 atom stereocenters. The first-order valence-corrected chi connectivity index (χ1v) is 26.4. The van der Waals surface area contributed by atoms with Crippen LogP contribution in [0.3, 0.4) is 0 Å². The maximum Gasteiger partial charge on any atom is 0.245 e. The van der Waals surface area contributed by atoms with Crippen molar-refractivity contribution in [3.8, 4) is 0 Å². The number of carbonyl (C=O) groups excluding carboxylic acids is 10. The van der Waals surface area contributed by atoms with Crippen LogP contribution in [0.2, 0.25) is 0 Å². The van der Waals surface area contributed by atoms with E-state index in [-0.39, 0.29) is 76.9 Å². The van der Waals surface area contributed by atoms with Gasteiger partial charge in [0.25, 0.3) is 0 Å². The quantitative estimate of drug-likeness (QED) is 0.0518. The Bertz CT molecular complexity index is 2030. The van der Waals surface area contributed by atoms with Gasteiger partial charge in [-0.15, -0.1) is 0 Å². The highest BCUT2D eigenvalue weighted by Gasteiger charge is 2.36. The lowest BCUT2D eigenvalue weighted by Crippen LogP contribution is -2.61. The molecule has 0 unspecified atom stereocenters. The van der Waals surface area contributed by atoms with Crippen molar-refractivity contribution in [2.75, 3.05) is 19.6 Å². The summed E-state index contributed by atoms with van der Waals surface area (Å²) in [6, 6.07) is -3.84. The second-order valence-corrected chi connectivity index (χ2v) is 19.5. The monoisotopic (exact) mass is 1060 g/mol. The fraction of sp³-hybridized carbons (Fsp3) is 0.686. The maximum absolute atomic E-state index is 14.4. The molecule has 1 aliphatic rings. The molecule has 0 bridgehead atoms. The number of unbranched alkanes of at least 4 members (excludes halogenated alkanes) is 4. The van der Waals surface area contributed by atoms with Crippen LogP contribution in [0.5, 0.6) is 0 Å². The van der Waals surface area contributed by atoms with E-state index in [9.17, 15) is 58.2 Å². The van der Waals surface area contributed by atoms with Gasteiger partial charge in [0.2, 0.25) is 59.1 Å². The Morgan fingerprint density at radius 3 is 1.73 bits per heavy atom. The minimum Gasteiger partial charge on any atom is -0.391 e. The van der Waals surface area contributed by atoms with Crippen molar-refractivity contribution in [3.05, 3.63) is 35.9 Å². The molecule has 0 spiro atoms. The van der Waals surface area contributed by atoms with Gasteiger partial charge >= 0.3 is 0 Å². The number of amides is 10. The first-order chi connectivity index (χ1) is 35.6. The van der Waals surface area contributed by atoms with E-state index in [4.69, 9.17) is 11.5 Å². The van der Waals surface area contributed by atoms with E-state index >= 15 is 0 Å². The molecule has 16 N–H and O–H groups in total. The number of nitrogens with one attached hydrogen (secondary N) is 10. The normalized spacial score (nSPS) is 23.6. The molecular formula is C51H86N12O12. The molecule has 1 fully saturated rings. The number of hydrogen-bond donors (Lipinski definition) is 14. The Morgan fingerprint density at radius 1 is 0.640 bits per heavy atom. The molecule has 24 nitrogen and oxygen atoms in total. The van der Waals surface area contributed by atoms with E-state index in [0.717, 1.165) is 25.7 Å². The van der Waals surface area contributed by atoms with Crippen molar-refractivity contribution in [1.82, 2.24) is 53.2 Å². The number of rotatable bonds is 23. The minimum absolute atomic E-state index is 0.0379. The number of nitrogens with two attached hydrogens (primary N) is 2. The largest absolute Gasteiger partial charge is 0.391 e. The molecule has 0 aliphatic carbocycles. The summed E-state index contributed by atoms with van der Waals surface area (Å²) in [5.41, 5.74) is 12.4. The highest BCUT2D eigenvalue weighted by atomic mass is 16.3. The maximum atomic E-state index is 14.4. The minimum atomic E-state index is -1.62. The highest BCUT2D eigenvalue weighted by Crippen LogP contribution is 2.12. The van der Waals surface area contributed by atoms with Crippen LogP contribution in [0.1, 0.15) is 131 Å². The van der Waals surface area contributed by atoms with E-state index in [1.54, 1.807) is 44.2 Å². The molecule has 1 aromatic carbocycles. The Morgan fingerprint density at radius 2 is 1.17 bits per heavy atom. The van der Waals surface area contributed by atoms with Crippen molar-refractivity contribution < 1.29 is 58.2 Å². The van der Waals surface area contributed by atoms with Gasteiger partial charge in [-0.2, -0.15) is 0 Å². The molecule has 0 radical (unpaired) electrons. The summed E-state index contributed by atoms with van der Waals surface area (Å²) in [5, 5.41) is 47.1. The second-order valence-electron chi connectivity index (χ2n) is 19.5. The topological polar surface area (TPSA) is 383 Å². The van der Waals surface area contributed by atoms with Crippen molar-refractivity contribution in [3.63, 3.8) is 0 Å². The average Bonchev–Trinajstić information content (AvgIpc) is 3.36. The Hall–Kier alpha value is -6.24. The molecule has 0 saturated carbocycles. The van der Waals surface area contributed by atoms with Crippen LogP contribution in [0, 0.1) is 5.92 Å². The van der Waals surface area contributed by atoms with Crippen molar-refractivity contribution in [2.24, 2.45) is 17.4 Å². The lowest BCUT2D eigenvalue weighted by atomic mass is 10.00. The molecule has 75 heavy (non-hydrogen) atoms. The SMILES string of the molecule is CCCCCCCC(=O)N[C@H](C(=O)N[C@@H](CC)C(=O)N[C@H]1CCNC(=O)[C@H]([C@@H](C)O)NC(=O)[C@H](CCN)NC(=O)[C@H](CC)NC(=O)[C@H](CC(C)C)NC(=O)[C@H](Cc2ccccc2)NC(=O)[C@H](CCN)NC1=O)[C@@H](C)O. The van der Waals surface area contributed by atoms with Gasteiger partial charge < -0.3 is 74.8 Å². The zero-order valence-corrected chi connectivity index (χ0v) is 44.8. The molecule has 1 aliphatic heterocycles. The molecule has 24 heteroatoms. The van der Waals surface area contributed by atoms with Crippen LogP contribution < -0.4 is 64.6 Å². The third-order valence-electron chi connectivity index (χ3n) is 12.5. The van der Waals surface area contributed by atoms with Crippen LogP contribution in [-0.2, 0) is 54.4 Å². The molecule has 1 saturated heterocycles. The standard InChI is InChI=1S/C51H86N12O12/c1-8-11-12-13-17-20-40(66)62-42(31(7)65)51(75)56-34(10-3)44(68)59-37-23-26-54-50(74)41(30(6)64)63-47(71)36(22-25-53)57-43(67)33(9-2)55-48(72)38(27-29(4)5)60-49(73)39(28-32-18-15-14-16-19-32)61-45(69)35(21-24-52)58-46(37)70/h14-16,18-19,29-31,33-39,41-42,64-65H,8-13,17,20-28,52-53H2,1-7H3,(H,54,74)(H,55,72)(H,56,75)(H,57,67)(H,58,70)(H,59,68)(H,60,73)(H,61,69)(H,62,66)(H,63,71)/t30-,31-,33+,34+,35+,36+,37+,38+,39+,41+,42+/m1/s1. The molecule has 422 valence electrons. The predicted octanol–water partition coefficient (Wildman–Crippen LogP) is -2.20. The highest BCUT2D eigenvalue weighted by molar-refractivity contribution is 5.99. The summed E-state index contributed by atoms with van der Waals surface area (Å²) < 4.78 is 0. The first-order valence-electron chi connectivity index (χ1n) is 26.4. The van der Waals surface area contributed by atoms with E-state index < -0.39 is 126 Å². The Labute approximate surface area is 440 Å². The summed E-state index contributed by atoms with van der Waals surface area (Å²) >= 11 is 0. The van der Waals surface area contributed by atoms with Gasteiger partial charge in [-0.25, -0.2) is 0 Å². The Kier molecular flexibility index (Phi) is 29.7. The van der Waals surface area contributed by atoms with Crippen LogP contribution in [0.15, 0.2) is 30.3 Å². The average molecular weight is 1060 g/mol. The lowest BCUT2D eigenvalue weighted by molar-refractivity contribution is -0.136. The van der Waals surface area contributed by atoms with E-state index in [0.29, 0.717) is 12.0 Å². The van der Waals surface area contributed by atoms with Crippen LogP contribution in [0.4, 0.5) is 0 Å². The first kappa shape index (κ1) is 64.9. The summed E-state index contributed by atoms with van der Waals surface area (Å²) in [7, 11) is 0. The van der Waals surface area contributed by atoms with Gasteiger partial charge in [0.15, 0.2) is 0 Å². The van der Waals surface area contributed by atoms with Crippen molar-refractivity contribution in [1.29, 1.82) is 0 Å². The van der Waals surface area contributed by atoms with Gasteiger partial charge in [0.05, 0.1) is 12.2 Å². The van der Waals surface area contributed by atoms with E-state index in [2.05, 4.69) is 60.1 Å². The van der Waals surface area contributed by atoms with Crippen molar-refractivity contribution >= 4 is 59.1 Å². The summed E-state index contributed by atoms with van der Waals surface area (Å²) in [4.78, 5) is 138. The fourth-order valence-corrected chi connectivity index (χ4v) is 8.15. The van der Waals surface area contributed by atoms with Gasteiger partial charge in [0.1, 0.15) is 54.4 Å². The number of hydrogen-bond acceptors (Lipinski definition) is 14. The Balaban J connectivity index is 2.65. The molecule has 1 aromatic rings. The van der Waals surface area contributed by atoms with Crippen LogP contribution in [0.25, 0.3) is 0 Å². The fourth-order valence-electron chi connectivity index (χ4n) is 8.15. The van der Waals surface area contributed by atoms with E-state index in [1.807, 2.05) is 13.8 Å². The molecule has 2 rings (SSSR count). The van der Waals surface area contributed by atoms with Crippen LogP contribution in [-0.4, -0.2) is 156 Å². The lowest BCUT2D eigenvalue weighted by Gasteiger charge is -2.28. The van der Waals surface area contributed by atoms with Gasteiger partial charge in [-0.1, -0.05) is 90.6 Å². The number of carbonyl (C=O) groups is 10. The van der Waals surface area contributed by atoms with Gasteiger partial charge in [-0.05, 0) is 83.4 Å². The predicted molar refractivity (Wildman–Crippen MR) is 279 cm³/mol. The smallest absolute Gasteiger partial charge is 0.245 e. The second kappa shape index (κ2) is 34.4. The van der Waals surface area contributed by atoms with Crippen LogP contribution >= 0.6 is 0 Å². The third kappa shape index (κ3) is 23.0. The molecule has 0 aromatic heterocycles. The summed E-state index contributed by atoms with van der Waals surface area (Å²) in [6.45, 7) is 10.8. The number of benzene rings is 1. The van der Waals surface area contributed by atoms with E-state index in [1.165, 1.54) is 13.8 Å².